The van der Waals surface area contributed by atoms with Gasteiger partial charge >= 0.3 is 0 Å². The van der Waals surface area contributed by atoms with Crippen molar-refractivity contribution < 1.29 is 18.3 Å². The van der Waals surface area contributed by atoms with E-state index in [0.29, 0.717) is 17.9 Å². The third-order valence-corrected chi connectivity index (χ3v) is 2.68. The van der Waals surface area contributed by atoms with Crippen molar-refractivity contribution in [2.45, 2.75) is 26.2 Å². The van der Waals surface area contributed by atoms with Gasteiger partial charge < -0.3 is 15.4 Å². The van der Waals surface area contributed by atoms with Gasteiger partial charge in [0.1, 0.15) is 6.61 Å². The molecule has 1 aromatic rings. The summed E-state index contributed by atoms with van der Waals surface area (Å²) in [5.41, 5.74) is 7.02. The molecule has 1 aromatic carbocycles. The lowest BCUT2D eigenvalue weighted by Gasteiger charge is -2.23. The molecule has 0 unspecified atom stereocenters. The minimum Gasteiger partial charge on any atom is -0.397 e. The highest BCUT2D eigenvalue weighted by Crippen LogP contribution is 2.23. The summed E-state index contributed by atoms with van der Waals surface area (Å²) in [4.78, 5) is 13.7. The Bertz CT molecular complexity index is 427. The van der Waals surface area contributed by atoms with Crippen molar-refractivity contribution in [3.05, 3.63) is 24.3 Å². The first-order chi connectivity index (χ1) is 9.56. The van der Waals surface area contributed by atoms with Crippen LogP contribution in [0.2, 0.25) is 0 Å². The van der Waals surface area contributed by atoms with Gasteiger partial charge in [0.2, 0.25) is 5.91 Å². The summed E-state index contributed by atoms with van der Waals surface area (Å²) < 4.78 is 28.6. The molecule has 0 atom stereocenters. The highest BCUT2D eigenvalue weighted by atomic mass is 19.3. The van der Waals surface area contributed by atoms with E-state index in [9.17, 15) is 13.6 Å². The third-order valence-electron chi connectivity index (χ3n) is 2.68. The fourth-order valence-corrected chi connectivity index (χ4v) is 1.80. The Morgan fingerprint density at radius 2 is 2.10 bits per heavy atom. The van der Waals surface area contributed by atoms with Crippen LogP contribution < -0.4 is 10.6 Å². The largest absolute Gasteiger partial charge is 0.397 e. The molecule has 112 valence electrons. The summed E-state index contributed by atoms with van der Waals surface area (Å²) in [6, 6.07) is 7.08. The fraction of sp³-hybridized carbons (Fsp3) is 0.500. The molecule has 6 heteroatoms. The molecule has 0 aliphatic rings. The summed E-state index contributed by atoms with van der Waals surface area (Å²) >= 11 is 0. The zero-order valence-electron chi connectivity index (χ0n) is 11.5. The number of para-hydroxylation sites is 2. The van der Waals surface area contributed by atoms with Crippen molar-refractivity contribution in [2.24, 2.45) is 0 Å². The molecule has 4 nitrogen and oxygen atoms in total. The molecule has 0 fully saturated rings. The minimum atomic E-state index is -2.51. The van der Waals surface area contributed by atoms with Crippen LogP contribution in [0.1, 0.15) is 19.8 Å². The number of amides is 1. The van der Waals surface area contributed by atoms with Crippen molar-refractivity contribution in [2.75, 3.05) is 30.4 Å². The summed E-state index contributed by atoms with van der Waals surface area (Å²) in [5.74, 6) is -0.181. The zero-order chi connectivity index (χ0) is 15.0. The minimum absolute atomic E-state index is 0.0177. The Hall–Kier alpha value is -1.69. The molecule has 0 saturated carbocycles. The maximum absolute atomic E-state index is 12.1. The predicted molar refractivity (Wildman–Crippen MR) is 74.9 cm³/mol. The summed E-state index contributed by atoms with van der Waals surface area (Å²) in [5, 5.41) is 0. The second kappa shape index (κ2) is 8.47. The number of nitrogens with zero attached hydrogens (tertiary/aromatic N) is 1. The molecule has 0 aliphatic carbocycles. The Kier molecular flexibility index (Phi) is 6.93. The van der Waals surface area contributed by atoms with Gasteiger partial charge in [-0.3, -0.25) is 4.79 Å². The molecule has 0 aromatic heterocycles. The number of nitrogen functional groups attached to an aromatic ring is 1. The highest BCUT2D eigenvalue weighted by Gasteiger charge is 2.16. The number of benzene rings is 1. The van der Waals surface area contributed by atoms with E-state index < -0.39 is 13.0 Å². The second-order valence-electron chi connectivity index (χ2n) is 4.32. The molecule has 0 aliphatic heterocycles. The topological polar surface area (TPSA) is 55.6 Å². The number of ether oxygens (including phenoxy) is 1. The van der Waals surface area contributed by atoms with E-state index in [2.05, 4.69) is 0 Å². The average Bonchev–Trinajstić information content (AvgIpc) is 2.41. The van der Waals surface area contributed by atoms with Gasteiger partial charge in [0, 0.05) is 6.54 Å². The second-order valence-corrected chi connectivity index (χ2v) is 4.32. The molecule has 20 heavy (non-hydrogen) atoms. The number of carbonyl (C=O) groups excluding carboxylic acids is 1. The van der Waals surface area contributed by atoms with E-state index in [-0.39, 0.29) is 18.9 Å². The Morgan fingerprint density at radius 3 is 2.70 bits per heavy atom. The molecule has 1 amide bonds. The first-order valence-corrected chi connectivity index (χ1v) is 6.57. The zero-order valence-corrected chi connectivity index (χ0v) is 11.5. The third kappa shape index (κ3) is 5.13. The van der Waals surface area contributed by atoms with Gasteiger partial charge in [0.25, 0.3) is 6.43 Å². The number of hydrogen-bond donors (Lipinski definition) is 1. The SMILES string of the molecule is CCCN(C(=O)CCOCC(F)F)c1ccccc1N. The number of hydrogen-bond acceptors (Lipinski definition) is 3. The first-order valence-electron chi connectivity index (χ1n) is 6.57. The van der Waals surface area contributed by atoms with Gasteiger partial charge in [0.15, 0.2) is 0 Å². The van der Waals surface area contributed by atoms with Gasteiger partial charge in [-0.05, 0) is 18.6 Å². The Labute approximate surface area is 117 Å². The van der Waals surface area contributed by atoms with Crippen molar-refractivity contribution in [3.8, 4) is 0 Å². The molecule has 0 spiro atoms. The highest BCUT2D eigenvalue weighted by molar-refractivity contribution is 5.96. The fourth-order valence-electron chi connectivity index (χ4n) is 1.80. The molecule has 0 heterocycles. The molecule has 0 saturated heterocycles. The number of rotatable bonds is 8. The first kappa shape index (κ1) is 16.4. The number of halogens is 2. The van der Waals surface area contributed by atoms with E-state index in [1.54, 1.807) is 29.2 Å². The number of nitrogens with two attached hydrogens (primary N) is 1. The van der Waals surface area contributed by atoms with E-state index >= 15 is 0 Å². The van der Waals surface area contributed by atoms with Crippen LogP contribution >= 0.6 is 0 Å². The van der Waals surface area contributed by atoms with Crippen molar-refractivity contribution in [1.29, 1.82) is 0 Å². The average molecular weight is 286 g/mol. The van der Waals surface area contributed by atoms with Crippen LogP contribution in [0.3, 0.4) is 0 Å². The molecule has 0 bridgehead atoms. The molecular formula is C14H20F2N2O2. The Balaban J connectivity index is 2.62. The molecule has 2 N–H and O–H groups in total. The summed E-state index contributed by atoms with van der Waals surface area (Å²) in [6.45, 7) is 1.82. The monoisotopic (exact) mass is 286 g/mol. The normalized spacial score (nSPS) is 10.8. The van der Waals surface area contributed by atoms with Crippen LogP contribution in [0.15, 0.2) is 24.3 Å². The van der Waals surface area contributed by atoms with E-state index in [4.69, 9.17) is 10.5 Å². The lowest BCUT2D eigenvalue weighted by atomic mass is 10.2. The van der Waals surface area contributed by atoms with Crippen LogP contribution in [0.5, 0.6) is 0 Å². The number of carbonyl (C=O) groups is 1. The van der Waals surface area contributed by atoms with Gasteiger partial charge in [-0.25, -0.2) is 8.78 Å². The van der Waals surface area contributed by atoms with Crippen LogP contribution in [-0.4, -0.2) is 32.1 Å². The molecule has 1 rings (SSSR count). The van der Waals surface area contributed by atoms with E-state index in [0.717, 1.165) is 6.42 Å². The van der Waals surface area contributed by atoms with Gasteiger partial charge in [-0.2, -0.15) is 0 Å². The van der Waals surface area contributed by atoms with Crippen molar-refractivity contribution in [1.82, 2.24) is 0 Å². The number of alkyl halides is 2. The molecule has 0 radical (unpaired) electrons. The van der Waals surface area contributed by atoms with Crippen LogP contribution in [-0.2, 0) is 9.53 Å². The van der Waals surface area contributed by atoms with Crippen LogP contribution in [0.25, 0.3) is 0 Å². The maximum Gasteiger partial charge on any atom is 0.261 e. The summed E-state index contributed by atoms with van der Waals surface area (Å²) in [7, 11) is 0. The van der Waals surface area contributed by atoms with E-state index in [1.165, 1.54) is 0 Å². The maximum atomic E-state index is 12.1. The Morgan fingerprint density at radius 1 is 1.40 bits per heavy atom. The quantitative estimate of drug-likeness (QED) is 0.590. The van der Waals surface area contributed by atoms with Gasteiger partial charge in [0.05, 0.1) is 24.4 Å². The van der Waals surface area contributed by atoms with Gasteiger partial charge in [-0.15, -0.1) is 0 Å². The standard InChI is InChI=1S/C14H20F2N2O2/c1-2-8-18(12-6-4-3-5-11(12)17)14(19)7-9-20-10-13(15)16/h3-6,13H,2,7-10,17H2,1H3. The smallest absolute Gasteiger partial charge is 0.261 e. The number of anilines is 2. The van der Waals surface area contributed by atoms with E-state index in [1.807, 2.05) is 6.92 Å². The van der Waals surface area contributed by atoms with Crippen molar-refractivity contribution >= 4 is 17.3 Å². The van der Waals surface area contributed by atoms with Crippen molar-refractivity contribution in [3.63, 3.8) is 0 Å². The van der Waals surface area contributed by atoms with Crippen LogP contribution in [0.4, 0.5) is 20.2 Å². The lowest BCUT2D eigenvalue weighted by molar-refractivity contribution is -0.120. The summed E-state index contributed by atoms with van der Waals surface area (Å²) in [6.07, 6.45) is -1.68. The lowest BCUT2D eigenvalue weighted by Crippen LogP contribution is -2.33. The van der Waals surface area contributed by atoms with Gasteiger partial charge in [-0.1, -0.05) is 19.1 Å². The van der Waals surface area contributed by atoms with Crippen LogP contribution in [0, 0.1) is 0 Å². The molecular weight excluding hydrogens is 266 g/mol. The predicted octanol–water partition coefficient (Wildman–Crippen LogP) is 2.68.